The van der Waals surface area contributed by atoms with E-state index in [1.54, 1.807) is 12.1 Å². The van der Waals surface area contributed by atoms with E-state index in [2.05, 4.69) is 0 Å². The number of halogens is 1. The highest BCUT2D eigenvalue weighted by molar-refractivity contribution is 7.09. The van der Waals surface area contributed by atoms with E-state index in [1.165, 1.54) is 29.4 Å². The van der Waals surface area contributed by atoms with Gasteiger partial charge in [0.2, 0.25) is 11.8 Å². The minimum absolute atomic E-state index is 0.0369. The molecule has 4 aliphatic rings. The summed E-state index contributed by atoms with van der Waals surface area (Å²) < 4.78 is 5.53. The van der Waals surface area contributed by atoms with Crippen molar-refractivity contribution in [1.29, 1.82) is 0 Å². The number of ether oxygens (including phenoxy) is 1. The minimum Gasteiger partial charge on any atom is -0.503 e. The maximum atomic E-state index is 15.1. The van der Waals surface area contributed by atoms with Gasteiger partial charge in [-0.2, -0.15) is 0 Å². The number of amides is 2. The second-order valence-electron chi connectivity index (χ2n) is 13.2. The average Bonchev–Trinajstić information content (AvgIpc) is 3.73. The van der Waals surface area contributed by atoms with E-state index in [0.29, 0.717) is 28.7 Å². The molecule has 0 radical (unpaired) electrons. The number of ketones is 2. The number of carbonyl (C=O) groups is 4. The third-order valence-electron chi connectivity index (χ3n) is 11.0. The number of carbonyl (C=O) groups excluding carboxylic acids is 4. The number of nitrogens with zero attached hydrogens (tertiary/aromatic N) is 1. The number of hydrogen-bond acceptors (Lipinski definition) is 7. The summed E-state index contributed by atoms with van der Waals surface area (Å²) >= 11 is 8.12. The predicted octanol–water partition coefficient (Wildman–Crippen LogP) is 7.14. The van der Waals surface area contributed by atoms with E-state index in [0.717, 1.165) is 10.5 Å². The van der Waals surface area contributed by atoms with Crippen molar-refractivity contribution in [3.05, 3.63) is 135 Å². The fourth-order valence-corrected chi connectivity index (χ4v) is 9.86. The zero-order valence-corrected chi connectivity index (χ0v) is 28.1. The largest absolute Gasteiger partial charge is 0.503 e. The number of phenolic OH excluding ortho intramolecular Hbond substituents is 1. The van der Waals surface area contributed by atoms with Gasteiger partial charge in [0.15, 0.2) is 23.1 Å². The number of allylic oxidation sites excluding steroid dienone is 4. The number of aromatic hydroxyl groups is 1. The third kappa shape index (κ3) is 4.68. The summed E-state index contributed by atoms with van der Waals surface area (Å²) in [5, 5.41) is 12.7. The molecular weight excluding hydrogens is 658 g/mol. The van der Waals surface area contributed by atoms with Crippen molar-refractivity contribution in [2.24, 2.45) is 23.7 Å². The van der Waals surface area contributed by atoms with Crippen LogP contribution in [-0.4, -0.2) is 40.5 Å². The standard InChI is InChI=1S/C40H32ClNO6S/c1-48-32-18-23(17-31(41)37(32)45)35-26-14-15-27-34(39(47)42(38(27)46)21-25-13-8-16-49-25)29(26)19-30-36(44)28(22-9-4-2-5-10-22)20-33(43)40(30,35)24-11-6-3-7-12-24/h2-14,16-18,20,27,29-30,34-35,45H,15,19,21H2,1H3/t27-,29+,30-,34-,35-,40-/m0/s1. The predicted molar refractivity (Wildman–Crippen MR) is 186 cm³/mol. The van der Waals surface area contributed by atoms with Crippen LogP contribution in [0.25, 0.3) is 5.57 Å². The van der Waals surface area contributed by atoms with Gasteiger partial charge in [0.05, 0.1) is 35.9 Å². The lowest BCUT2D eigenvalue weighted by molar-refractivity contribution is -0.141. The number of methoxy groups -OCH3 is 1. The fourth-order valence-electron chi connectivity index (χ4n) is 8.94. The lowest BCUT2D eigenvalue weighted by Crippen LogP contribution is -2.58. The average molecular weight is 690 g/mol. The Hall–Kier alpha value is -4.79. The summed E-state index contributed by atoms with van der Waals surface area (Å²) in [4.78, 5) is 60.6. The SMILES string of the molecule is COc1cc([C@H]2C3=CC[C@@H]4C(=O)N(Cc5cccs5)C(=O)[C@@H]4[C@@H]3C[C@H]3C(=O)C(c4ccccc4)=CC(=O)[C@@]23c2ccccc2)cc(Cl)c1O. The first-order valence-corrected chi connectivity index (χ1v) is 17.6. The van der Waals surface area contributed by atoms with Crippen LogP contribution in [-0.2, 0) is 31.1 Å². The number of rotatable bonds is 6. The highest BCUT2D eigenvalue weighted by Gasteiger charge is 2.66. The molecule has 0 bridgehead atoms. The van der Waals surface area contributed by atoms with E-state index in [4.69, 9.17) is 16.3 Å². The minimum atomic E-state index is -1.40. The van der Waals surface area contributed by atoms with Gasteiger partial charge in [0.1, 0.15) is 0 Å². The monoisotopic (exact) mass is 689 g/mol. The van der Waals surface area contributed by atoms with Crippen LogP contribution in [0.4, 0.5) is 0 Å². The van der Waals surface area contributed by atoms with Gasteiger partial charge in [-0.15, -0.1) is 11.3 Å². The molecule has 1 N–H and O–H groups in total. The Morgan fingerprint density at radius 2 is 1.67 bits per heavy atom. The molecule has 8 rings (SSSR count). The van der Waals surface area contributed by atoms with Crippen molar-refractivity contribution in [2.75, 3.05) is 7.11 Å². The smallest absolute Gasteiger partial charge is 0.234 e. The van der Waals surface area contributed by atoms with Crippen LogP contribution >= 0.6 is 22.9 Å². The van der Waals surface area contributed by atoms with Gasteiger partial charge < -0.3 is 9.84 Å². The molecular formula is C40H32ClNO6S. The van der Waals surface area contributed by atoms with Crippen LogP contribution < -0.4 is 4.74 Å². The molecule has 3 aliphatic carbocycles. The van der Waals surface area contributed by atoms with Gasteiger partial charge in [-0.3, -0.25) is 24.1 Å². The fraction of sp³-hybridized carbons (Fsp3) is 0.250. The number of hydrogen-bond donors (Lipinski definition) is 1. The maximum Gasteiger partial charge on any atom is 0.234 e. The quantitative estimate of drug-likeness (QED) is 0.171. The molecule has 1 aromatic heterocycles. The van der Waals surface area contributed by atoms with Crippen molar-refractivity contribution >= 4 is 51.9 Å². The van der Waals surface area contributed by atoms with Crippen LogP contribution in [0.5, 0.6) is 11.5 Å². The van der Waals surface area contributed by atoms with Gasteiger partial charge in [-0.25, -0.2) is 0 Å². The van der Waals surface area contributed by atoms with Gasteiger partial charge in [0, 0.05) is 22.3 Å². The summed E-state index contributed by atoms with van der Waals surface area (Å²) in [6.07, 6.45) is 4.03. The molecule has 246 valence electrons. The van der Waals surface area contributed by atoms with Crippen LogP contribution in [0.15, 0.2) is 108 Å². The highest BCUT2D eigenvalue weighted by Crippen LogP contribution is 2.64. The topological polar surface area (TPSA) is 101 Å². The lowest BCUT2D eigenvalue weighted by Gasteiger charge is -2.55. The second-order valence-corrected chi connectivity index (χ2v) is 14.6. The Kier molecular flexibility index (Phi) is 7.69. The van der Waals surface area contributed by atoms with Crippen LogP contribution in [0.3, 0.4) is 0 Å². The van der Waals surface area contributed by atoms with E-state index in [9.17, 15) is 14.7 Å². The summed E-state index contributed by atoms with van der Waals surface area (Å²) in [5.41, 5.74) is 1.64. The zero-order chi connectivity index (χ0) is 34.0. The van der Waals surface area contributed by atoms with Crippen molar-refractivity contribution in [1.82, 2.24) is 4.90 Å². The molecule has 3 aromatic carbocycles. The maximum absolute atomic E-state index is 15.1. The van der Waals surface area contributed by atoms with Gasteiger partial charge in [0.25, 0.3) is 0 Å². The van der Waals surface area contributed by atoms with Crippen LogP contribution in [0.2, 0.25) is 5.02 Å². The summed E-state index contributed by atoms with van der Waals surface area (Å²) in [6, 6.07) is 25.6. The number of likely N-dealkylation sites (tertiary alicyclic amines) is 1. The van der Waals surface area contributed by atoms with Crippen molar-refractivity contribution in [3.63, 3.8) is 0 Å². The highest BCUT2D eigenvalue weighted by atomic mass is 35.5. The normalized spacial score (nSPS) is 27.6. The summed E-state index contributed by atoms with van der Waals surface area (Å²) in [5.74, 6) is -4.37. The van der Waals surface area contributed by atoms with E-state index in [1.807, 2.05) is 84.3 Å². The molecule has 49 heavy (non-hydrogen) atoms. The number of thiophene rings is 1. The Labute approximate surface area is 292 Å². The molecule has 6 atom stereocenters. The number of imide groups is 1. The Balaban J connectivity index is 1.37. The summed E-state index contributed by atoms with van der Waals surface area (Å²) in [6.45, 7) is 0.203. The molecule has 7 nitrogen and oxygen atoms in total. The van der Waals surface area contributed by atoms with Crippen molar-refractivity contribution < 1.29 is 29.0 Å². The molecule has 1 saturated carbocycles. The molecule has 0 spiro atoms. The molecule has 4 aromatic rings. The van der Waals surface area contributed by atoms with Crippen molar-refractivity contribution in [2.45, 2.75) is 30.7 Å². The number of phenols is 1. The third-order valence-corrected chi connectivity index (χ3v) is 12.1. The van der Waals surface area contributed by atoms with Gasteiger partial charge in [-0.05, 0) is 65.1 Å². The number of Topliss-reactive ketones (excluding diaryl/α,β-unsaturated/α-hetero) is 1. The molecule has 1 saturated heterocycles. The zero-order valence-electron chi connectivity index (χ0n) is 26.5. The lowest BCUT2D eigenvalue weighted by atomic mass is 9.44. The van der Waals surface area contributed by atoms with Crippen molar-refractivity contribution in [3.8, 4) is 11.5 Å². The number of fused-ring (bicyclic) bond motifs is 4. The first kappa shape index (κ1) is 31.5. The molecule has 0 unspecified atom stereocenters. The first-order chi connectivity index (χ1) is 23.7. The second kappa shape index (κ2) is 12.0. The first-order valence-electron chi connectivity index (χ1n) is 16.3. The molecule has 1 aliphatic heterocycles. The van der Waals surface area contributed by atoms with Gasteiger partial charge >= 0.3 is 0 Å². The molecule has 2 amide bonds. The Bertz CT molecular complexity index is 2070. The van der Waals surface area contributed by atoms with E-state index < -0.39 is 35.0 Å². The Morgan fingerprint density at radius 3 is 2.37 bits per heavy atom. The van der Waals surface area contributed by atoms with Crippen LogP contribution in [0, 0.1) is 23.7 Å². The summed E-state index contributed by atoms with van der Waals surface area (Å²) in [7, 11) is 1.42. The van der Waals surface area contributed by atoms with Crippen LogP contribution in [0.1, 0.15) is 40.3 Å². The molecule has 9 heteroatoms. The Morgan fingerprint density at radius 1 is 0.939 bits per heavy atom. The number of benzene rings is 3. The molecule has 2 fully saturated rings. The molecule has 2 heterocycles. The van der Waals surface area contributed by atoms with Gasteiger partial charge in [-0.1, -0.05) is 90.0 Å². The van der Waals surface area contributed by atoms with E-state index >= 15 is 9.59 Å². The van der Waals surface area contributed by atoms with E-state index in [-0.39, 0.29) is 52.9 Å².